The van der Waals surface area contributed by atoms with E-state index in [1.54, 1.807) is 6.07 Å². The lowest BCUT2D eigenvalue weighted by atomic mass is 9.93. The minimum absolute atomic E-state index is 0.0414. The van der Waals surface area contributed by atoms with E-state index in [1.165, 1.54) is 14.2 Å². The lowest BCUT2D eigenvalue weighted by Crippen LogP contribution is -2.36. The summed E-state index contributed by atoms with van der Waals surface area (Å²) < 4.78 is 15.2. The molecule has 0 aliphatic carbocycles. The molecule has 110 valence electrons. The Labute approximate surface area is 116 Å². The number of hydrogen-bond acceptors (Lipinski definition) is 6. The zero-order valence-electron chi connectivity index (χ0n) is 12.1. The minimum atomic E-state index is -1.28. The van der Waals surface area contributed by atoms with Crippen molar-refractivity contribution in [3.8, 4) is 0 Å². The van der Waals surface area contributed by atoms with Gasteiger partial charge in [0.15, 0.2) is 17.8 Å². The number of ether oxygens (including phenoxy) is 2. The number of amides is 1. The third kappa shape index (κ3) is 2.14. The largest absolute Gasteiger partial charge is 0.493 e. The SMILES string of the molecule is COC1=C(OC)C(O)N(c2cc(C(C)(C)C)on2)C1=O. The molecule has 1 unspecified atom stereocenters. The molecule has 0 bridgehead atoms. The van der Waals surface area contributed by atoms with E-state index in [4.69, 9.17) is 14.0 Å². The van der Waals surface area contributed by atoms with Crippen LogP contribution >= 0.6 is 0 Å². The average molecular weight is 282 g/mol. The Morgan fingerprint density at radius 2 is 2.00 bits per heavy atom. The van der Waals surface area contributed by atoms with Gasteiger partial charge in [-0.05, 0) is 0 Å². The maximum Gasteiger partial charge on any atom is 0.300 e. The van der Waals surface area contributed by atoms with Crippen molar-refractivity contribution in [2.45, 2.75) is 32.4 Å². The number of aromatic nitrogens is 1. The van der Waals surface area contributed by atoms with Gasteiger partial charge in [0.2, 0.25) is 5.76 Å². The number of anilines is 1. The molecule has 7 nitrogen and oxygen atoms in total. The molecule has 1 aromatic rings. The van der Waals surface area contributed by atoms with E-state index in [1.807, 2.05) is 20.8 Å². The molecule has 0 fully saturated rings. The smallest absolute Gasteiger partial charge is 0.300 e. The Morgan fingerprint density at radius 3 is 2.40 bits per heavy atom. The Hall–Kier alpha value is -2.02. The third-order valence-corrected chi connectivity index (χ3v) is 3.02. The van der Waals surface area contributed by atoms with Crippen LogP contribution in [0.3, 0.4) is 0 Å². The first kappa shape index (κ1) is 14.4. The van der Waals surface area contributed by atoms with Gasteiger partial charge >= 0.3 is 5.91 Å². The van der Waals surface area contributed by atoms with Gasteiger partial charge in [-0.15, -0.1) is 0 Å². The van der Waals surface area contributed by atoms with Gasteiger partial charge < -0.3 is 19.1 Å². The minimum Gasteiger partial charge on any atom is -0.493 e. The Kier molecular flexibility index (Phi) is 3.47. The fraction of sp³-hybridized carbons (Fsp3) is 0.538. The van der Waals surface area contributed by atoms with Crippen LogP contribution in [0, 0.1) is 0 Å². The monoisotopic (exact) mass is 282 g/mol. The fourth-order valence-corrected chi connectivity index (χ4v) is 1.91. The number of rotatable bonds is 3. The van der Waals surface area contributed by atoms with Crippen molar-refractivity contribution in [2.75, 3.05) is 19.1 Å². The molecule has 1 aromatic heterocycles. The number of carbonyl (C=O) groups is 1. The highest BCUT2D eigenvalue weighted by Crippen LogP contribution is 2.32. The molecular formula is C13H18N2O5. The second-order valence-electron chi connectivity index (χ2n) is 5.45. The summed E-state index contributed by atoms with van der Waals surface area (Å²) in [6.07, 6.45) is -1.28. The van der Waals surface area contributed by atoms with Crippen LogP contribution < -0.4 is 4.90 Å². The van der Waals surface area contributed by atoms with Crippen LogP contribution in [0.4, 0.5) is 5.82 Å². The molecule has 2 rings (SSSR count). The maximum atomic E-state index is 12.2. The Bertz CT molecular complexity index is 555. The van der Waals surface area contributed by atoms with Crippen LogP contribution in [0.15, 0.2) is 22.1 Å². The molecule has 0 saturated heterocycles. The van der Waals surface area contributed by atoms with E-state index >= 15 is 0 Å². The molecule has 1 amide bonds. The molecule has 2 heterocycles. The lowest BCUT2D eigenvalue weighted by molar-refractivity contribution is -0.118. The summed E-state index contributed by atoms with van der Waals surface area (Å²) in [7, 11) is 2.70. The van der Waals surface area contributed by atoms with Gasteiger partial charge in [-0.25, -0.2) is 0 Å². The van der Waals surface area contributed by atoms with Crippen LogP contribution in [0.2, 0.25) is 0 Å². The highest BCUT2D eigenvalue weighted by molar-refractivity contribution is 6.07. The van der Waals surface area contributed by atoms with Crippen LogP contribution in [0.1, 0.15) is 26.5 Å². The summed E-state index contributed by atoms with van der Waals surface area (Å²) in [4.78, 5) is 13.3. The van der Waals surface area contributed by atoms with Gasteiger partial charge in [0.25, 0.3) is 0 Å². The second-order valence-corrected chi connectivity index (χ2v) is 5.45. The van der Waals surface area contributed by atoms with Crippen LogP contribution in [0.25, 0.3) is 0 Å². The number of methoxy groups -OCH3 is 2. The predicted molar refractivity (Wildman–Crippen MR) is 69.7 cm³/mol. The molecule has 1 atom stereocenters. The van der Waals surface area contributed by atoms with Gasteiger partial charge in [-0.1, -0.05) is 25.9 Å². The van der Waals surface area contributed by atoms with Gasteiger partial charge in [-0.3, -0.25) is 9.69 Å². The van der Waals surface area contributed by atoms with Crippen LogP contribution in [-0.4, -0.2) is 36.6 Å². The lowest BCUT2D eigenvalue weighted by Gasteiger charge is -2.17. The molecule has 0 spiro atoms. The standard InChI is InChI=1S/C13H18N2O5/c1-13(2,3)7-6-8(14-20-7)15-11(16)9(18-4)10(19-5)12(15)17/h6,11,16H,1-5H3. The summed E-state index contributed by atoms with van der Waals surface area (Å²) in [6, 6.07) is 1.62. The predicted octanol–water partition coefficient (Wildman–Crippen LogP) is 1.14. The van der Waals surface area contributed by atoms with Crippen molar-refractivity contribution in [1.82, 2.24) is 5.16 Å². The van der Waals surface area contributed by atoms with E-state index in [2.05, 4.69) is 5.16 Å². The zero-order valence-corrected chi connectivity index (χ0v) is 12.1. The molecule has 1 aliphatic heterocycles. The van der Waals surface area contributed by atoms with E-state index in [0.29, 0.717) is 5.76 Å². The topological polar surface area (TPSA) is 85.0 Å². The molecule has 20 heavy (non-hydrogen) atoms. The van der Waals surface area contributed by atoms with Crippen LogP contribution in [-0.2, 0) is 19.7 Å². The highest BCUT2D eigenvalue weighted by atomic mass is 16.5. The average Bonchev–Trinajstić information content (AvgIpc) is 2.91. The first-order valence-corrected chi connectivity index (χ1v) is 6.12. The third-order valence-electron chi connectivity index (χ3n) is 3.02. The summed E-state index contributed by atoms with van der Waals surface area (Å²) in [5.41, 5.74) is -0.249. The summed E-state index contributed by atoms with van der Waals surface area (Å²) in [6.45, 7) is 5.87. The van der Waals surface area contributed by atoms with Crippen molar-refractivity contribution in [1.29, 1.82) is 0 Å². The molecule has 7 heteroatoms. The second kappa shape index (κ2) is 4.82. The van der Waals surface area contributed by atoms with Crippen molar-refractivity contribution >= 4 is 11.7 Å². The highest BCUT2D eigenvalue weighted by Gasteiger charge is 2.43. The van der Waals surface area contributed by atoms with Crippen LogP contribution in [0.5, 0.6) is 0 Å². The van der Waals surface area contributed by atoms with Gasteiger partial charge in [0.05, 0.1) is 14.2 Å². The zero-order chi connectivity index (χ0) is 15.1. The van der Waals surface area contributed by atoms with Crippen molar-refractivity contribution in [3.05, 3.63) is 23.3 Å². The van der Waals surface area contributed by atoms with Gasteiger partial charge in [-0.2, -0.15) is 0 Å². The number of aliphatic hydroxyl groups is 1. The van der Waals surface area contributed by atoms with Crippen molar-refractivity contribution in [2.24, 2.45) is 0 Å². The number of nitrogens with zero attached hydrogens (tertiary/aromatic N) is 2. The molecule has 1 aliphatic rings. The van der Waals surface area contributed by atoms with E-state index in [0.717, 1.165) is 4.90 Å². The number of aliphatic hydroxyl groups excluding tert-OH is 1. The Morgan fingerprint density at radius 1 is 1.35 bits per heavy atom. The quantitative estimate of drug-likeness (QED) is 0.895. The number of hydrogen-bond donors (Lipinski definition) is 1. The molecule has 0 saturated carbocycles. The van der Waals surface area contributed by atoms with Crippen molar-refractivity contribution in [3.63, 3.8) is 0 Å². The summed E-state index contributed by atoms with van der Waals surface area (Å²) >= 11 is 0. The van der Waals surface area contributed by atoms with E-state index in [9.17, 15) is 9.90 Å². The molecule has 1 N–H and O–H groups in total. The summed E-state index contributed by atoms with van der Waals surface area (Å²) in [5, 5.41) is 14.0. The molecular weight excluding hydrogens is 264 g/mol. The summed E-state index contributed by atoms with van der Waals surface area (Å²) in [5.74, 6) is 0.315. The van der Waals surface area contributed by atoms with Crippen molar-refractivity contribution < 1.29 is 23.9 Å². The first-order valence-electron chi connectivity index (χ1n) is 6.12. The molecule has 0 radical (unpaired) electrons. The molecule has 0 aromatic carbocycles. The van der Waals surface area contributed by atoms with Gasteiger partial charge in [0, 0.05) is 11.5 Å². The Balaban J connectivity index is 2.36. The van der Waals surface area contributed by atoms with E-state index < -0.39 is 12.1 Å². The fourth-order valence-electron chi connectivity index (χ4n) is 1.91. The normalized spacial score (nSPS) is 19.8. The van der Waals surface area contributed by atoms with E-state index in [-0.39, 0.29) is 22.8 Å². The number of carbonyl (C=O) groups excluding carboxylic acids is 1. The first-order chi connectivity index (χ1) is 9.31. The maximum absolute atomic E-state index is 12.2. The van der Waals surface area contributed by atoms with Gasteiger partial charge in [0.1, 0.15) is 5.76 Å².